The first-order valence-electron chi connectivity index (χ1n) is 10.5. The number of halogens is 1. The number of rotatable bonds is 4. The Labute approximate surface area is 172 Å². The van der Waals surface area contributed by atoms with Crippen molar-refractivity contribution in [2.45, 2.75) is 58.5 Å². The predicted octanol–water partition coefficient (Wildman–Crippen LogP) is 6.43. The lowest BCUT2D eigenvalue weighted by Crippen LogP contribution is -2.45. The zero-order valence-electron chi connectivity index (χ0n) is 17.9. The van der Waals surface area contributed by atoms with Crippen LogP contribution in [-0.2, 0) is 15.8 Å². The largest absolute Gasteiger partial charge is 0.507 e. The number of fused-ring (bicyclic) bond motifs is 3. The highest BCUT2D eigenvalue weighted by Crippen LogP contribution is 2.52. The minimum absolute atomic E-state index is 0.258. The van der Waals surface area contributed by atoms with Crippen LogP contribution in [-0.4, -0.2) is 16.3 Å². The highest BCUT2D eigenvalue weighted by Gasteiger charge is 2.48. The third-order valence-electron chi connectivity index (χ3n) is 6.59. The van der Waals surface area contributed by atoms with E-state index in [9.17, 15) is 9.50 Å². The molecule has 154 valence electrons. The summed E-state index contributed by atoms with van der Waals surface area (Å²) in [5, 5.41) is 11.8. The van der Waals surface area contributed by atoms with Gasteiger partial charge in [-0.2, -0.15) is 0 Å². The topological polar surface area (TPSA) is 34.4 Å². The van der Waals surface area contributed by atoms with E-state index < -0.39 is 5.60 Å². The number of hydrogen-bond acceptors (Lipinski definition) is 2. The average Bonchev–Trinajstić information content (AvgIpc) is 3.05. The van der Waals surface area contributed by atoms with Gasteiger partial charge in [-0.1, -0.05) is 40.2 Å². The molecule has 0 amide bonds. The van der Waals surface area contributed by atoms with Crippen LogP contribution in [0.2, 0.25) is 0 Å². The Morgan fingerprint density at radius 2 is 1.83 bits per heavy atom. The molecular weight excluding hydrogens is 365 g/mol. The second-order valence-corrected chi connectivity index (χ2v) is 9.18. The summed E-state index contributed by atoms with van der Waals surface area (Å²) < 4.78 is 22.4. The molecule has 0 fully saturated rings. The summed E-state index contributed by atoms with van der Waals surface area (Å²) in [5.74, 6) is 0.288. The van der Waals surface area contributed by atoms with Crippen molar-refractivity contribution in [3.8, 4) is 11.4 Å². The minimum Gasteiger partial charge on any atom is -0.507 e. The molecule has 1 aliphatic heterocycles. The van der Waals surface area contributed by atoms with Crippen molar-refractivity contribution < 1.29 is 14.2 Å². The van der Waals surface area contributed by atoms with Crippen LogP contribution in [0, 0.1) is 11.7 Å². The van der Waals surface area contributed by atoms with Crippen LogP contribution in [0.4, 0.5) is 4.39 Å². The molecule has 0 spiro atoms. The third kappa shape index (κ3) is 2.96. The SMILES string of the molecule is CCCC(C)C1(C)OCC(C)(C)c2c1c1c(O)cccc1n2-c1ccc(F)cc1. The van der Waals surface area contributed by atoms with Gasteiger partial charge in [-0.3, -0.25) is 0 Å². The summed E-state index contributed by atoms with van der Waals surface area (Å²) in [7, 11) is 0. The lowest BCUT2D eigenvalue weighted by Gasteiger charge is -2.45. The van der Waals surface area contributed by atoms with Crippen LogP contribution in [0.1, 0.15) is 58.7 Å². The maximum atomic E-state index is 13.6. The van der Waals surface area contributed by atoms with Gasteiger partial charge in [0.1, 0.15) is 11.6 Å². The molecule has 4 rings (SSSR count). The molecule has 2 aromatic carbocycles. The normalized spacial score (nSPS) is 21.9. The van der Waals surface area contributed by atoms with E-state index in [1.807, 2.05) is 12.1 Å². The number of nitrogens with zero attached hydrogens (tertiary/aromatic N) is 1. The average molecular weight is 396 g/mol. The van der Waals surface area contributed by atoms with E-state index in [-0.39, 0.29) is 22.9 Å². The van der Waals surface area contributed by atoms with Gasteiger partial charge in [-0.15, -0.1) is 0 Å². The lowest BCUT2D eigenvalue weighted by molar-refractivity contribution is -0.107. The number of phenolic OH excluding ortho intramolecular Hbond substituents is 1. The summed E-state index contributed by atoms with van der Waals surface area (Å²) in [5.41, 5.74) is 3.24. The van der Waals surface area contributed by atoms with Crippen LogP contribution in [0.3, 0.4) is 0 Å². The number of ether oxygens (including phenoxy) is 1. The Morgan fingerprint density at radius 3 is 2.48 bits per heavy atom. The zero-order valence-corrected chi connectivity index (χ0v) is 17.9. The van der Waals surface area contributed by atoms with Gasteiger partial charge in [0.05, 0.1) is 17.7 Å². The van der Waals surface area contributed by atoms with Crippen molar-refractivity contribution in [1.29, 1.82) is 0 Å². The van der Waals surface area contributed by atoms with Crippen molar-refractivity contribution >= 4 is 10.9 Å². The quantitative estimate of drug-likeness (QED) is 0.552. The summed E-state index contributed by atoms with van der Waals surface area (Å²) >= 11 is 0. The summed E-state index contributed by atoms with van der Waals surface area (Å²) in [6.45, 7) is 11.5. The molecular formula is C25H30FNO2. The molecule has 0 aliphatic carbocycles. The Balaban J connectivity index is 2.14. The Bertz CT molecular complexity index is 1050. The highest BCUT2D eigenvalue weighted by atomic mass is 19.1. The molecule has 2 heterocycles. The van der Waals surface area contributed by atoms with Crippen molar-refractivity contribution in [2.24, 2.45) is 5.92 Å². The fraction of sp³-hybridized carbons (Fsp3) is 0.440. The monoisotopic (exact) mass is 395 g/mol. The van der Waals surface area contributed by atoms with Crippen LogP contribution in [0.5, 0.6) is 5.75 Å². The molecule has 0 bridgehead atoms. The van der Waals surface area contributed by atoms with Gasteiger partial charge in [0.25, 0.3) is 0 Å². The number of benzene rings is 2. The van der Waals surface area contributed by atoms with Crippen molar-refractivity contribution in [2.75, 3.05) is 6.61 Å². The maximum Gasteiger partial charge on any atom is 0.125 e. The van der Waals surface area contributed by atoms with Crippen molar-refractivity contribution in [3.63, 3.8) is 0 Å². The van der Waals surface area contributed by atoms with Crippen molar-refractivity contribution in [1.82, 2.24) is 4.57 Å². The molecule has 0 saturated heterocycles. The molecule has 0 saturated carbocycles. The van der Waals surface area contributed by atoms with Crippen LogP contribution in [0.15, 0.2) is 42.5 Å². The van der Waals surface area contributed by atoms with Gasteiger partial charge in [-0.05, 0) is 55.7 Å². The first-order chi connectivity index (χ1) is 13.7. The molecule has 1 aromatic heterocycles. The molecule has 29 heavy (non-hydrogen) atoms. The second-order valence-electron chi connectivity index (χ2n) is 9.18. The Hall–Kier alpha value is -2.33. The molecule has 3 aromatic rings. The number of hydrogen-bond donors (Lipinski definition) is 1. The lowest BCUT2D eigenvalue weighted by atomic mass is 9.72. The third-order valence-corrected chi connectivity index (χ3v) is 6.59. The van der Waals surface area contributed by atoms with Gasteiger partial charge < -0.3 is 14.4 Å². The van der Waals surface area contributed by atoms with E-state index in [0.717, 1.165) is 40.7 Å². The zero-order chi connectivity index (χ0) is 21.0. The number of aromatic hydroxyl groups is 1. The van der Waals surface area contributed by atoms with Gasteiger partial charge in [0, 0.05) is 27.7 Å². The van der Waals surface area contributed by atoms with E-state index in [2.05, 4.69) is 39.2 Å². The molecule has 3 nitrogen and oxygen atoms in total. The van der Waals surface area contributed by atoms with E-state index in [4.69, 9.17) is 4.74 Å². The van der Waals surface area contributed by atoms with Crippen LogP contribution in [0.25, 0.3) is 16.6 Å². The molecule has 2 atom stereocenters. The van der Waals surface area contributed by atoms with Gasteiger partial charge >= 0.3 is 0 Å². The Kier molecular flexibility index (Phi) is 4.73. The van der Waals surface area contributed by atoms with Gasteiger partial charge in [0.2, 0.25) is 0 Å². The summed E-state index contributed by atoms with van der Waals surface area (Å²) in [6, 6.07) is 12.2. The molecule has 2 unspecified atom stereocenters. The smallest absolute Gasteiger partial charge is 0.125 e. The van der Waals surface area contributed by atoms with E-state index in [1.54, 1.807) is 18.2 Å². The second kappa shape index (κ2) is 6.88. The van der Waals surface area contributed by atoms with Crippen molar-refractivity contribution in [3.05, 3.63) is 59.5 Å². The number of aromatic nitrogens is 1. The van der Waals surface area contributed by atoms with Crippen LogP contribution < -0.4 is 0 Å². The summed E-state index contributed by atoms with van der Waals surface area (Å²) in [6.07, 6.45) is 2.11. The fourth-order valence-corrected chi connectivity index (χ4v) is 4.87. The van der Waals surface area contributed by atoms with E-state index >= 15 is 0 Å². The van der Waals surface area contributed by atoms with E-state index in [0.29, 0.717) is 6.61 Å². The first kappa shape index (κ1) is 20.0. The molecule has 1 N–H and O–H groups in total. The number of phenols is 1. The maximum absolute atomic E-state index is 13.6. The predicted molar refractivity (Wildman–Crippen MR) is 115 cm³/mol. The highest BCUT2D eigenvalue weighted by molar-refractivity contribution is 5.94. The van der Waals surface area contributed by atoms with E-state index in [1.165, 1.54) is 12.1 Å². The molecule has 4 heteroatoms. The molecule has 0 radical (unpaired) electrons. The first-order valence-corrected chi connectivity index (χ1v) is 10.5. The summed E-state index contributed by atoms with van der Waals surface area (Å²) in [4.78, 5) is 0. The van der Waals surface area contributed by atoms with Crippen LogP contribution >= 0.6 is 0 Å². The molecule has 1 aliphatic rings. The standard InChI is InChI=1S/C25H30FNO2/c1-6-8-16(2)25(5)22-21-19(9-7-10-20(21)28)27(18-13-11-17(26)12-14-18)23(22)24(3,4)15-29-25/h7,9-14,16,28H,6,8,15H2,1-5H3. The van der Waals surface area contributed by atoms with Gasteiger partial charge in [0.15, 0.2) is 0 Å². The minimum atomic E-state index is -0.511. The fourth-order valence-electron chi connectivity index (χ4n) is 4.87. The Morgan fingerprint density at radius 1 is 1.14 bits per heavy atom. The van der Waals surface area contributed by atoms with Gasteiger partial charge in [-0.25, -0.2) is 4.39 Å².